The van der Waals surface area contributed by atoms with Crippen LogP contribution in [0.3, 0.4) is 0 Å². The second kappa shape index (κ2) is 9.73. The van der Waals surface area contributed by atoms with Gasteiger partial charge in [-0.15, -0.1) is 0 Å². The first kappa shape index (κ1) is 18.9. The molecule has 0 aromatic carbocycles. The van der Waals surface area contributed by atoms with Crippen molar-refractivity contribution in [2.75, 3.05) is 32.8 Å². The number of hydrogen-bond donors (Lipinski definition) is 2. The molecule has 0 spiro atoms. The number of aliphatic hydroxyl groups excluding tert-OH is 1. The molecular weight excluding hydrogens is 236 g/mol. The number of likely N-dealkylation sites (N-methyl/N-ethyl adjacent to an activating group) is 1. The number of aliphatic hydroxyl groups is 1. The predicted octanol–water partition coefficient (Wildman–Crippen LogP) is 2.74. The van der Waals surface area contributed by atoms with Crippen LogP contribution in [0.1, 0.15) is 54.4 Å². The Hall–Kier alpha value is -0.120. The predicted molar refractivity (Wildman–Crippen MR) is 84.5 cm³/mol. The Morgan fingerprint density at radius 1 is 1.11 bits per heavy atom. The molecule has 0 aliphatic carbocycles. The third-order valence-electron chi connectivity index (χ3n) is 3.40. The molecule has 0 aliphatic rings. The van der Waals surface area contributed by atoms with E-state index in [0.717, 1.165) is 37.8 Å². The zero-order valence-corrected chi connectivity index (χ0v) is 14.0. The second-order valence-electron chi connectivity index (χ2n) is 6.90. The molecule has 19 heavy (non-hydrogen) atoms. The molecule has 0 fully saturated rings. The lowest BCUT2D eigenvalue weighted by Gasteiger charge is -2.31. The Balaban J connectivity index is 4.15. The summed E-state index contributed by atoms with van der Waals surface area (Å²) in [5.74, 6) is 1.44. The molecule has 116 valence electrons. The van der Waals surface area contributed by atoms with Gasteiger partial charge >= 0.3 is 0 Å². The normalized spacial score (nSPS) is 15.5. The van der Waals surface area contributed by atoms with Crippen molar-refractivity contribution >= 4 is 0 Å². The van der Waals surface area contributed by atoms with Crippen LogP contribution in [0, 0.1) is 11.8 Å². The lowest BCUT2D eigenvalue weighted by Crippen LogP contribution is -2.46. The summed E-state index contributed by atoms with van der Waals surface area (Å²) in [6.07, 6.45) is 2.17. The third kappa shape index (κ3) is 9.42. The topological polar surface area (TPSA) is 35.5 Å². The summed E-state index contributed by atoms with van der Waals surface area (Å²) in [5, 5.41) is 12.9. The van der Waals surface area contributed by atoms with Crippen molar-refractivity contribution in [2.24, 2.45) is 11.8 Å². The van der Waals surface area contributed by atoms with Crippen LogP contribution >= 0.6 is 0 Å². The van der Waals surface area contributed by atoms with Gasteiger partial charge in [0.2, 0.25) is 0 Å². The third-order valence-corrected chi connectivity index (χ3v) is 3.40. The highest BCUT2D eigenvalue weighted by Crippen LogP contribution is 2.13. The number of nitrogens with zero attached hydrogens (tertiary/aromatic N) is 1. The Morgan fingerprint density at radius 3 is 2.00 bits per heavy atom. The van der Waals surface area contributed by atoms with Gasteiger partial charge in [0.15, 0.2) is 0 Å². The van der Waals surface area contributed by atoms with Gasteiger partial charge in [-0.1, -0.05) is 34.6 Å². The molecule has 0 saturated carbocycles. The number of hydrogen-bond acceptors (Lipinski definition) is 3. The molecule has 3 heteroatoms. The summed E-state index contributed by atoms with van der Waals surface area (Å²) in [5.41, 5.74) is -0.115. The van der Waals surface area contributed by atoms with Crippen molar-refractivity contribution < 1.29 is 5.11 Å². The summed E-state index contributed by atoms with van der Waals surface area (Å²) in [6.45, 7) is 18.0. The quantitative estimate of drug-likeness (QED) is 0.607. The summed E-state index contributed by atoms with van der Waals surface area (Å²) >= 11 is 0. The van der Waals surface area contributed by atoms with E-state index in [-0.39, 0.29) is 12.1 Å². The smallest absolute Gasteiger partial charge is 0.0610 e. The molecular formula is C16H36N2O. The van der Waals surface area contributed by atoms with Crippen molar-refractivity contribution in [3.63, 3.8) is 0 Å². The molecule has 0 saturated heterocycles. The fourth-order valence-electron chi connectivity index (χ4n) is 2.63. The van der Waals surface area contributed by atoms with Gasteiger partial charge in [-0.3, -0.25) is 0 Å². The summed E-state index contributed by atoms with van der Waals surface area (Å²) in [6, 6.07) is 0. The van der Waals surface area contributed by atoms with Crippen LogP contribution in [0.15, 0.2) is 0 Å². The zero-order chi connectivity index (χ0) is 14.9. The largest absolute Gasteiger partial charge is 0.394 e. The van der Waals surface area contributed by atoms with Gasteiger partial charge in [-0.05, 0) is 44.7 Å². The number of rotatable bonds is 11. The molecule has 1 atom stereocenters. The van der Waals surface area contributed by atoms with Gasteiger partial charge in [-0.25, -0.2) is 0 Å². The summed E-state index contributed by atoms with van der Waals surface area (Å²) < 4.78 is 0. The van der Waals surface area contributed by atoms with Crippen LogP contribution in [0.5, 0.6) is 0 Å². The van der Waals surface area contributed by atoms with Crippen molar-refractivity contribution in [1.82, 2.24) is 10.2 Å². The maximum Gasteiger partial charge on any atom is 0.0610 e. The average Bonchev–Trinajstić information content (AvgIpc) is 2.27. The van der Waals surface area contributed by atoms with E-state index >= 15 is 0 Å². The first-order chi connectivity index (χ1) is 8.83. The maximum atomic E-state index is 9.50. The zero-order valence-electron chi connectivity index (χ0n) is 14.0. The highest BCUT2D eigenvalue weighted by molar-refractivity contribution is 4.82. The molecule has 0 amide bonds. The van der Waals surface area contributed by atoms with Crippen LogP contribution in [-0.2, 0) is 0 Å². The molecule has 1 unspecified atom stereocenters. The summed E-state index contributed by atoms with van der Waals surface area (Å²) in [7, 11) is 0. The van der Waals surface area contributed by atoms with E-state index in [1.54, 1.807) is 0 Å². The van der Waals surface area contributed by atoms with Gasteiger partial charge in [0, 0.05) is 18.6 Å². The van der Waals surface area contributed by atoms with Gasteiger partial charge in [0.05, 0.1) is 6.61 Å². The molecule has 0 aromatic rings. The summed E-state index contributed by atoms with van der Waals surface area (Å²) in [4.78, 5) is 2.57. The molecule has 2 N–H and O–H groups in total. The Labute approximate surface area is 120 Å². The van der Waals surface area contributed by atoms with E-state index in [4.69, 9.17) is 0 Å². The van der Waals surface area contributed by atoms with E-state index in [9.17, 15) is 5.11 Å². The van der Waals surface area contributed by atoms with Crippen molar-refractivity contribution in [3.8, 4) is 0 Å². The lowest BCUT2D eigenvalue weighted by molar-refractivity contribution is 0.153. The van der Waals surface area contributed by atoms with E-state index in [2.05, 4.69) is 51.8 Å². The van der Waals surface area contributed by atoms with Gasteiger partial charge in [0.1, 0.15) is 0 Å². The first-order valence-electron chi connectivity index (χ1n) is 7.91. The fourth-order valence-corrected chi connectivity index (χ4v) is 2.63. The van der Waals surface area contributed by atoms with Crippen LogP contribution in [-0.4, -0.2) is 48.3 Å². The Kier molecular flexibility index (Phi) is 9.67. The van der Waals surface area contributed by atoms with E-state index < -0.39 is 0 Å². The maximum absolute atomic E-state index is 9.50. The minimum Gasteiger partial charge on any atom is -0.394 e. The van der Waals surface area contributed by atoms with Gasteiger partial charge in [0.25, 0.3) is 0 Å². The van der Waals surface area contributed by atoms with Crippen LogP contribution in [0.4, 0.5) is 0 Å². The van der Waals surface area contributed by atoms with Crippen molar-refractivity contribution in [1.29, 1.82) is 0 Å². The van der Waals surface area contributed by atoms with Crippen LogP contribution < -0.4 is 5.32 Å². The highest BCUT2D eigenvalue weighted by atomic mass is 16.3. The fraction of sp³-hybridized carbons (Fsp3) is 1.00. The molecule has 0 rings (SSSR count). The standard InChI is InChI=1S/C16H36N2O/c1-7-17-16(6,13-19)9-8-10-18(11-14(2)3)12-15(4)5/h14-15,17,19H,7-13H2,1-6H3. The van der Waals surface area contributed by atoms with Crippen molar-refractivity contribution in [3.05, 3.63) is 0 Å². The number of nitrogens with one attached hydrogen (secondary N) is 1. The first-order valence-corrected chi connectivity index (χ1v) is 7.91. The minimum absolute atomic E-state index is 0.115. The van der Waals surface area contributed by atoms with E-state index in [1.165, 1.54) is 13.1 Å². The SMILES string of the molecule is CCNC(C)(CO)CCCN(CC(C)C)CC(C)C. The average molecular weight is 272 g/mol. The highest BCUT2D eigenvalue weighted by Gasteiger charge is 2.21. The lowest BCUT2D eigenvalue weighted by atomic mass is 9.96. The molecule has 0 aliphatic heterocycles. The van der Waals surface area contributed by atoms with Crippen LogP contribution in [0.2, 0.25) is 0 Å². The second-order valence-corrected chi connectivity index (χ2v) is 6.90. The van der Waals surface area contributed by atoms with Crippen LogP contribution in [0.25, 0.3) is 0 Å². The van der Waals surface area contributed by atoms with Gasteiger partial charge < -0.3 is 15.3 Å². The Morgan fingerprint density at radius 2 is 1.63 bits per heavy atom. The monoisotopic (exact) mass is 272 g/mol. The van der Waals surface area contributed by atoms with E-state index in [0.29, 0.717) is 0 Å². The molecule has 0 heterocycles. The minimum atomic E-state index is -0.115. The van der Waals surface area contributed by atoms with E-state index in [1.807, 2.05) is 0 Å². The molecule has 3 nitrogen and oxygen atoms in total. The molecule has 0 radical (unpaired) electrons. The van der Waals surface area contributed by atoms with Gasteiger partial charge in [-0.2, -0.15) is 0 Å². The molecule has 0 bridgehead atoms. The molecule has 0 aromatic heterocycles. The van der Waals surface area contributed by atoms with Crippen molar-refractivity contribution in [2.45, 2.75) is 59.9 Å². The Bertz CT molecular complexity index is 209.